The van der Waals surface area contributed by atoms with Crippen LogP contribution >= 0.6 is 11.6 Å². The smallest absolute Gasteiger partial charge is 0.240 e. The lowest BCUT2D eigenvalue weighted by Gasteiger charge is -2.10. The monoisotopic (exact) mass is 269 g/mol. The number of nitrogens with zero attached hydrogens (tertiary/aromatic N) is 2. The Labute approximate surface area is 109 Å². The van der Waals surface area contributed by atoms with E-state index in [0.717, 1.165) is 0 Å². The molecule has 2 N–H and O–H groups in total. The number of benzene rings is 1. The van der Waals surface area contributed by atoms with Crippen LogP contribution in [0.25, 0.3) is 11.4 Å². The van der Waals surface area contributed by atoms with Gasteiger partial charge in [-0.25, -0.2) is 0 Å². The van der Waals surface area contributed by atoms with Crippen molar-refractivity contribution in [1.82, 2.24) is 10.1 Å². The molecule has 0 aliphatic heterocycles. The molecule has 0 unspecified atom stereocenters. The van der Waals surface area contributed by atoms with Crippen LogP contribution in [0.3, 0.4) is 0 Å². The van der Waals surface area contributed by atoms with Crippen LogP contribution in [0.5, 0.6) is 11.5 Å². The molecule has 6 nitrogen and oxygen atoms in total. The van der Waals surface area contributed by atoms with Crippen LogP contribution in [0.2, 0.25) is 5.02 Å². The Morgan fingerprint density at radius 1 is 1.28 bits per heavy atom. The van der Waals surface area contributed by atoms with E-state index < -0.39 is 0 Å². The molecule has 0 fully saturated rings. The Morgan fingerprint density at radius 3 is 2.50 bits per heavy atom. The third-order valence-corrected chi connectivity index (χ3v) is 2.75. The van der Waals surface area contributed by atoms with Gasteiger partial charge in [0, 0.05) is 0 Å². The topological polar surface area (TPSA) is 83.4 Å². The van der Waals surface area contributed by atoms with Gasteiger partial charge in [0.25, 0.3) is 0 Å². The minimum absolute atomic E-state index is 0.164. The highest BCUT2D eigenvalue weighted by atomic mass is 35.5. The third kappa shape index (κ3) is 2.12. The van der Waals surface area contributed by atoms with Crippen molar-refractivity contribution >= 4 is 11.6 Å². The zero-order valence-electron chi connectivity index (χ0n) is 9.94. The molecule has 96 valence electrons. The molecule has 0 spiro atoms. The van der Waals surface area contributed by atoms with E-state index in [2.05, 4.69) is 10.1 Å². The van der Waals surface area contributed by atoms with Crippen molar-refractivity contribution in [3.8, 4) is 22.9 Å². The normalized spacial score (nSPS) is 10.4. The maximum atomic E-state index is 6.22. The maximum Gasteiger partial charge on any atom is 0.240 e. The van der Waals surface area contributed by atoms with Crippen molar-refractivity contribution < 1.29 is 14.0 Å². The fraction of sp³-hybridized carbons (Fsp3) is 0.273. The first-order chi connectivity index (χ1) is 8.71. The van der Waals surface area contributed by atoms with Crippen molar-refractivity contribution in [1.29, 1.82) is 0 Å². The van der Waals surface area contributed by atoms with Gasteiger partial charge in [-0.2, -0.15) is 4.98 Å². The first-order valence-corrected chi connectivity index (χ1v) is 5.52. The third-order valence-electron chi connectivity index (χ3n) is 2.37. The lowest BCUT2D eigenvalue weighted by Crippen LogP contribution is -1.97. The average molecular weight is 270 g/mol. The molecule has 2 aromatic rings. The second-order valence-electron chi connectivity index (χ2n) is 3.37. The standard InChI is InChI=1S/C11H12ClN3O3/c1-16-6-3-4-7(17-2)10(12)9(6)11-14-8(5-13)18-15-11/h3-4H,5,13H2,1-2H3. The number of ether oxygens (including phenoxy) is 2. The molecule has 2 rings (SSSR count). The number of hydrogen-bond donors (Lipinski definition) is 1. The molecule has 7 heteroatoms. The second kappa shape index (κ2) is 5.24. The van der Waals surface area contributed by atoms with Gasteiger partial charge in [0.15, 0.2) is 0 Å². The van der Waals surface area contributed by atoms with Gasteiger partial charge in [-0.05, 0) is 12.1 Å². The van der Waals surface area contributed by atoms with Crippen molar-refractivity contribution in [3.05, 3.63) is 23.0 Å². The van der Waals surface area contributed by atoms with Crippen LogP contribution in [0.15, 0.2) is 16.7 Å². The number of halogens is 1. The van der Waals surface area contributed by atoms with Gasteiger partial charge in [0.1, 0.15) is 11.5 Å². The average Bonchev–Trinajstić information content (AvgIpc) is 2.86. The summed E-state index contributed by atoms with van der Waals surface area (Å²) in [7, 11) is 3.06. The van der Waals surface area contributed by atoms with E-state index in [1.165, 1.54) is 14.2 Å². The molecule has 1 heterocycles. The Kier molecular flexibility index (Phi) is 3.69. The zero-order valence-corrected chi connectivity index (χ0v) is 10.7. The molecule has 0 radical (unpaired) electrons. The summed E-state index contributed by atoms with van der Waals surface area (Å²) in [6, 6.07) is 3.42. The predicted octanol–water partition coefficient (Wildman–Crippen LogP) is 1.87. The van der Waals surface area contributed by atoms with Gasteiger partial charge in [-0.1, -0.05) is 16.8 Å². The summed E-state index contributed by atoms with van der Waals surface area (Å²) in [4.78, 5) is 4.12. The second-order valence-corrected chi connectivity index (χ2v) is 3.75. The molecule has 0 saturated carbocycles. The number of methoxy groups -OCH3 is 2. The van der Waals surface area contributed by atoms with Crippen LogP contribution < -0.4 is 15.2 Å². The predicted molar refractivity (Wildman–Crippen MR) is 65.7 cm³/mol. The molecule has 0 amide bonds. The number of nitrogens with two attached hydrogens (primary N) is 1. The molecule has 0 aliphatic rings. The van der Waals surface area contributed by atoms with E-state index in [-0.39, 0.29) is 6.54 Å². The van der Waals surface area contributed by atoms with Gasteiger partial charge in [0.05, 0.1) is 31.4 Å². The lowest BCUT2D eigenvalue weighted by molar-refractivity contribution is 0.379. The summed E-state index contributed by atoms with van der Waals surface area (Å²) in [6.07, 6.45) is 0. The first kappa shape index (κ1) is 12.7. The van der Waals surface area contributed by atoms with E-state index in [1.807, 2.05) is 0 Å². The molecule has 1 aromatic heterocycles. The highest BCUT2D eigenvalue weighted by Gasteiger charge is 2.19. The summed E-state index contributed by atoms with van der Waals surface area (Å²) < 4.78 is 15.3. The van der Waals surface area contributed by atoms with Gasteiger partial charge in [0.2, 0.25) is 11.7 Å². The fourth-order valence-electron chi connectivity index (χ4n) is 1.51. The molecule has 0 atom stereocenters. The first-order valence-electron chi connectivity index (χ1n) is 5.14. The number of hydrogen-bond acceptors (Lipinski definition) is 6. The molecular weight excluding hydrogens is 258 g/mol. The highest BCUT2D eigenvalue weighted by molar-refractivity contribution is 6.35. The fourth-order valence-corrected chi connectivity index (χ4v) is 1.83. The van der Waals surface area contributed by atoms with E-state index in [0.29, 0.717) is 33.8 Å². The van der Waals surface area contributed by atoms with E-state index >= 15 is 0 Å². The molecule has 0 bridgehead atoms. The van der Waals surface area contributed by atoms with Crippen LogP contribution in [-0.2, 0) is 6.54 Å². The van der Waals surface area contributed by atoms with Gasteiger partial charge in [-0.3, -0.25) is 0 Å². The van der Waals surface area contributed by atoms with Crippen molar-refractivity contribution in [2.45, 2.75) is 6.54 Å². The van der Waals surface area contributed by atoms with Crippen molar-refractivity contribution in [3.63, 3.8) is 0 Å². The molecule has 1 aromatic carbocycles. The minimum atomic E-state index is 0.164. The van der Waals surface area contributed by atoms with Gasteiger partial charge < -0.3 is 19.7 Å². The quantitative estimate of drug-likeness (QED) is 0.912. The molecule has 0 aliphatic carbocycles. The Bertz CT molecular complexity index is 556. The molecule has 0 saturated heterocycles. The zero-order chi connectivity index (χ0) is 13.1. The SMILES string of the molecule is COc1ccc(OC)c(-c2noc(CN)n2)c1Cl. The summed E-state index contributed by atoms with van der Waals surface area (Å²) >= 11 is 6.22. The summed E-state index contributed by atoms with van der Waals surface area (Å²) in [5.41, 5.74) is 5.94. The van der Waals surface area contributed by atoms with E-state index in [9.17, 15) is 0 Å². The summed E-state index contributed by atoms with van der Waals surface area (Å²) in [6.45, 7) is 0.164. The molecule has 18 heavy (non-hydrogen) atoms. The van der Waals surface area contributed by atoms with Gasteiger partial charge >= 0.3 is 0 Å². The lowest BCUT2D eigenvalue weighted by atomic mass is 10.1. The summed E-state index contributed by atoms with van der Waals surface area (Å²) in [5.74, 6) is 1.68. The van der Waals surface area contributed by atoms with E-state index in [1.54, 1.807) is 12.1 Å². The van der Waals surface area contributed by atoms with E-state index in [4.69, 9.17) is 31.3 Å². The minimum Gasteiger partial charge on any atom is -0.496 e. The molecular formula is C11H12ClN3O3. The van der Waals surface area contributed by atoms with Crippen LogP contribution in [0.4, 0.5) is 0 Å². The van der Waals surface area contributed by atoms with Gasteiger partial charge in [-0.15, -0.1) is 0 Å². The van der Waals surface area contributed by atoms with Crippen LogP contribution in [-0.4, -0.2) is 24.4 Å². The summed E-state index contributed by atoms with van der Waals surface area (Å²) in [5, 5.41) is 4.18. The van der Waals surface area contributed by atoms with Crippen LogP contribution in [0.1, 0.15) is 5.89 Å². The number of rotatable bonds is 4. The Hall–Kier alpha value is -1.79. The number of aromatic nitrogens is 2. The Balaban J connectivity index is 2.59. The largest absolute Gasteiger partial charge is 0.496 e. The Morgan fingerprint density at radius 2 is 1.94 bits per heavy atom. The van der Waals surface area contributed by atoms with Crippen molar-refractivity contribution in [2.24, 2.45) is 5.73 Å². The highest BCUT2D eigenvalue weighted by Crippen LogP contribution is 2.40. The van der Waals surface area contributed by atoms with Crippen LogP contribution in [0, 0.1) is 0 Å². The van der Waals surface area contributed by atoms with Crippen molar-refractivity contribution in [2.75, 3.05) is 14.2 Å². The maximum absolute atomic E-state index is 6.22.